The minimum absolute atomic E-state index is 0.256. The zero-order valence-electron chi connectivity index (χ0n) is 12.7. The molecule has 2 atom stereocenters. The Bertz CT molecular complexity index is 748. The molecule has 0 aliphatic carbocycles. The van der Waals surface area contributed by atoms with E-state index in [-0.39, 0.29) is 5.65 Å². The van der Waals surface area contributed by atoms with Gasteiger partial charge in [0.1, 0.15) is 30.3 Å². The van der Waals surface area contributed by atoms with Gasteiger partial charge in [-0.25, -0.2) is 23.7 Å². The van der Waals surface area contributed by atoms with E-state index >= 15 is 0 Å². The van der Waals surface area contributed by atoms with Crippen molar-refractivity contribution in [3.05, 3.63) is 18.3 Å². The van der Waals surface area contributed by atoms with Crippen molar-refractivity contribution >= 4 is 18.8 Å². The summed E-state index contributed by atoms with van der Waals surface area (Å²) < 4.78 is 45.6. The summed E-state index contributed by atoms with van der Waals surface area (Å²) in [6, 6.07) is -1.38. The normalized spacial score (nSPS) is 15.8. The van der Waals surface area contributed by atoms with Gasteiger partial charge in [-0.1, -0.05) is 0 Å². The summed E-state index contributed by atoms with van der Waals surface area (Å²) in [6.45, 7) is 4.01. The van der Waals surface area contributed by atoms with Crippen LogP contribution in [0.15, 0.2) is 12.7 Å². The largest absolute Gasteiger partial charge is 0.360 e. The lowest BCUT2D eigenvalue weighted by Gasteiger charge is -2.30. The highest BCUT2D eigenvalue weighted by Crippen LogP contribution is 2.39. The van der Waals surface area contributed by atoms with Gasteiger partial charge >= 0.3 is 7.60 Å². The maximum atomic E-state index is 14.5. The van der Waals surface area contributed by atoms with Crippen LogP contribution in [0.4, 0.5) is 8.78 Å². The fourth-order valence-corrected chi connectivity index (χ4v) is 2.52. The molecular weight excluding hydrogens is 333 g/mol. The molecule has 128 valence electrons. The lowest BCUT2D eigenvalue weighted by molar-refractivity contribution is -0.147. The maximum Gasteiger partial charge on any atom is 0.350 e. The van der Waals surface area contributed by atoms with Gasteiger partial charge in [-0.3, -0.25) is 4.57 Å². The van der Waals surface area contributed by atoms with Gasteiger partial charge in [0.2, 0.25) is 0 Å². The van der Waals surface area contributed by atoms with E-state index in [1.807, 2.05) is 0 Å². The first-order chi connectivity index (χ1) is 10.5. The van der Waals surface area contributed by atoms with Crippen molar-refractivity contribution in [1.82, 2.24) is 19.5 Å². The van der Waals surface area contributed by atoms with Crippen LogP contribution in [0, 0.1) is 6.92 Å². The number of aromatic nitrogens is 4. The molecule has 0 amide bonds. The fourth-order valence-electron chi connectivity index (χ4n) is 2.10. The lowest BCUT2D eigenvalue weighted by atomic mass is 10.1. The van der Waals surface area contributed by atoms with Gasteiger partial charge in [0.05, 0.1) is 12.0 Å². The highest BCUT2D eigenvalue weighted by molar-refractivity contribution is 7.51. The molecule has 23 heavy (non-hydrogen) atoms. The molecule has 0 saturated carbocycles. The SMILES string of the molecule is Cc1ncnc2c1ncn2[C@H](C)C(F)(F)[C@@H](C)OCP(=O)(O)O. The van der Waals surface area contributed by atoms with Gasteiger partial charge in [-0.2, -0.15) is 0 Å². The predicted octanol–water partition coefficient (Wildman–Crippen LogP) is 1.87. The number of rotatable bonds is 6. The average Bonchev–Trinajstić information content (AvgIpc) is 2.88. The van der Waals surface area contributed by atoms with Crippen molar-refractivity contribution in [3.63, 3.8) is 0 Å². The zero-order valence-corrected chi connectivity index (χ0v) is 13.6. The number of aryl methyl sites for hydroxylation is 1. The second-order valence-corrected chi connectivity index (χ2v) is 6.82. The topological polar surface area (TPSA) is 110 Å². The number of ether oxygens (including phenoxy) is 1. The van der Waals surface area contributed by atoms with E-state index in [1.165, 1.54) is 24.1 Å². The molecule has 0 spiro atoms. The molecule has 0 bridgehead atoms. The summed E-state index contributed by atoms with van der Waals surface area (Å²) in [4.78, 5) is 29.4. The van der Waals surface area contributed by atoms with Crippen LogP contribution in [0.3, 0.4) is 0 Å². The standard InChI is InChI=1S/C12H17F2N4O4P/c1-7-10-11(16-4-15-7)18(5-17-10)8(2)12(13,14)9(3)22-6-23(19,20)21/h4-5,8-9H,6H2,1-3H3,(H2,19,20,21)/t8-,9-/m1/s1. The Morgan fingerprint density at radius 3 is 2.61 bits per heavy atom. The second-order valence-electron chi connectivity index (χ2n) is 5.24. The molecule has 0 aliphatic heterocycles. The number of hydrogen-bond donors (Lipinski definition) is 2. The third kappa shape index (κ3) is 3.72. The van der Waals surface area contributed by atoms with Crippen LogP contribution < -0.4 is 0 Å². The van der Waals surface area contributed by atoms with Crippen molar-refractivity contribution in [1.29, 1.82) is 0 Å². The molecule has 2 aromatic rings. The van der Waals surface area contributed by atoms with Crippen LogP contribution in [-0.2, 0) is 9.30 Å². The molecule has 0 saturated heterocycles. The molecule has 0 radical (unpaired) electrons. The fraction of sp³-hybridized carbons (Fsp3) is 0.583. The first kappa shape index (κ1) is 17.9. The molecule has 2 aromatic heterocycles. The minimum Gasteiger partial charge on any atom is -0.360 e. The van der Waals surface area contributed by atoms with Gasteiger partial charge < -0.3 is 19.1 Å². The van der Waals surface area contributed by atoms with E-state index in [2.05, 4.69) is 19.7 Å². The van der Waals surface area contributed by atoms with Crippen LogP contribution in [0.1, 0.15) is 25.6 Å². The van der Waals surface area contributed by atoms with Crippen molar-refractivity contribution in [3.8, 4) is 0 Å². The number of alkyl halides is 2. The van der Waals surface area contributed by atoms with Crippen molar-refractivity contribution in [2.24, 2.45) is 0 Å². The minimum atomic E-state index is -4.52. The molecule has 2 heterocycles. The maximum absolute atomic E-state index is 14.5. The molecule has 0 fully saturated rings. The molecule has 2 N–H and O–H groups in total. The van der Waals surface area contributed by atoms with E-state index in [0.717, 1.165) is 6.92 Å². The molecule has 2 rings (SSSR count). The highest BCUT2D eigenvalue weighted by atomic mass is 31.2. The Balaban J connectivity index is 2.27. The Hall–Kier alpha value is -1.48. The predicted molar refractivity (Wildman–Crippen MR) is 77.2 cm³/mol. The second kappa shape index (κ2) is 6.20. The summed E-state index contributed by atoms with van der Waals surface area (Å²) in [5.74, 6) is -3.40. The quantitative estimate of drug-likeness (QED) is 0.765. The van der Waals surface area contributed by atoms with Crippen LogP contribution in [0.25, 0.3) is 11.2 Å². The first-order valence-corrected chi connectivity index (χ1v) is 8.52. The summed E-state index contributed by atoms with van der Waals surface area (Å²) in [7, 11) is -4.52. The number of hydrogen-bond acceptors (Lipinski definition) is 5. The Kier molecular flexibility index (Phi) is 4.81. The van der Waals surface area contributed by atoms with E-state index in [0.29, 0.717) is 11.2 Å². The average molecular weight is 350 g/mol. The molecule has 0 aliphatic rings. The molecule has 8 nitrogen and oxygen atoms in total. The molecule has 0 unspecified atom stereocenters. The van der Waals surface area contributed by atoms with Gasteiger partial charge in [0, 0.05) is 0 Å². The van der Waals surface area contributed by atoms with E-state index in [4.69, 9.17) is 9.79 Å². The van der Waals surface area contributed by atoms with Crippen LogP contribution >= 0.6 is 7.60 Å². The smallest absolute Gasteiger partial charge is 0.350 e. The first-order valence-electron chi connectivity index (χ1n) is 6.72. The Labute approximate surface area is 130 Å². The van der Waals surface area contributed by atoms with E-state index < -0.39 is 32.0 Å². The van der Waals surface area contributed by atoms with Gasteiger partial charge in [-0.15, -0.1) is 0 Å². The number of imidazole rings is 1. The molecule has 0 aromatic carbocycles. The monoisotopic (exact) mass is 350 g/mol. The summed E-state index contributed by atoms with van der Waals surface area (Å²) in [6.07, 6.45) is -0.275. The third-order valence-corrected chi connectivity index (χ3v) is 4.04. The number of halogens is 2. The highest BCUT2D eigenvalue weighted by Gasteiger charge is 2.45. The summed E-state index contributed by atoms with van der Waals surface area (Å²) in [5, 5.41) is 0. The molecular formula is C12H17F2N4O4P. The van der Waals surface area contributed by atoms with E-state index in [9.17, 15) is 13.3 Å². The van der Waals surface area contributed by atoms with Crippen molar-refractivity contribution < 1.29 is 27.9 Å². The van der Waals surface area contributed by atoms with Crippen LogP contribution in [0.5, 0.6) is 0 Å². The van der Waals surface area contributed by atoms with Gasteiger partial charge in [0.15, 0.2) is 5.65 Å². The van der Waals surface area contributed by atoms with Gasteiger partial charge in [0.25, 0.3) is 5.92 Å². The number of fused-ring (bicyclic) bond motifs is 1. The number of nitrogens with zero attached hydrogens (tertiary/aromatic N) is 4. The van der Waals surface area contributed by atoms with Crippen molar-refractivity contribution in [2.45, 2.75) is 38.8 Å². The Morgan fingerprint density at radius 2 is 2.00 bits per heavy atom. The zero-order chi connectivity index (χ0) is 17.4. The summed E-state index contributed by atoms with van der Waals surface area (Å²) >= 11 is 0. The van der Waals surface area contributed by atoms with Crippen LogP contribution in [0.2, 0.25) is 0 Å². The lowest BCUT2D eigenvalue weighted by Crippen LogP contribution is -2.40. The van der Waals surface area contributed by atoms with Gasteiger partial charge in [-0.05, 0) is 20.8 Å². The van der Waals surface area contributed by atoms with Crippen molar-refractivity contribution in [2.75, 3.05) is 6.35 Å². The summed E-state index contributed by atoms with van der Waals surface area (Å²) in [5.41, 5.74) is 1.24. The van der Waals surface area contributed by atoms with E-state index in [1.54, 1.807) is 6.92 Å². The van der Waals surface area contributed by atoms with Crippen LogP contribution in [-0.4, -0.2) is 47.7 Å². The third-order valence-electron chi connectivity index (χ3n) is 3.55. The Morgan fingerprint density at radius 1 is 1.35 bits per heavy atom. The molecule has 11 heteroatoms.